The molecular weight excluding hydrogens is 500 g/mol. The maximum absolute atomic E-state index is 12.8. The molecule has 0 saturated carbocycles. The van der Waals surface area contributed by atoms with Gasteiger partial charge in [-0.25, -0.2) is 8.42 Å². The van der Waals surface area contributed by atoms with Crippen molar-refractivity contribution in [2.45, 2.75) is 4.90 Å². The van der Waals surface area contributed by atoms with Crippen molar-refractivity contribution in [3.05, 3.63) is 57.5 Å². The van der Waals surface area contributed by atoms with Gasteiger partial charge in [-0.3, -0.25) is 5.43 Å². The van der Waals surface area contributed by atoms with Crippen LogP contribution in [-0.4, -0.2) is 50.4 Å². The summed E-state index contributed by atoms with van der Waals surface area (Å²) in [6.07, 6.45) is 1.61. The minimum absolute atomic E-state index is 0.130. The maximum atomic E-state index is 12.8. The molecule has 1 fully saturated rings. The largest absolute Gasteiger partial charge is 0.379 e. The van der Waals surface area contributed by atoms with Gasteiger partial charge in [-0.05, 0) is 36.5 Å². The standard InChI is InChI=1S/C18H18BrClN4O3S2/c19-15-4-2-1-3-13(15)12-21-23-18(28)22-17-11-14(5-6-16(17)20)29(25,26)24-7-9-27-10-8-24/h1-6,11-12H,7-10H2,(H2,22,23,28). The summed E-state index contributed by atoms with van der Waals surface area (Å²) in [4.78, 5) is 0.130. The SMILES string of the molecule is O=S(=O)(c1ccc(Cl)c(NC(=S)NN=Cc2ccccc2Br)c1)N1CCOCC1. The van der Waals surface area contributed by atoms with Crippen molar-refractivity contribution in [3.63, 3.8) is 0 Å². The van der Waals surface area contributed by atoms with Crippen molar-refractivity contribution >= 4 is 66.8 Å². The first-order chi connectivity index (χ1) is 13.9. The molecule has 0 aliphatic carbocycles. The van der Waals surface area contributed by atoms with Crippen molar-refractivity contribution in [1.29, 1.82) is 0 Å². The summed E-state index contributed by atoms with van der Waals surface area (Å²) in [6, 6.07) is 12.0. The lowest BCUT2D eigenvalue weighted by molar-refractivity contribution is 0.0730. The first-order valence-corrected chi connectivity index (χ1v) is 11.6. The molecule has 0 spiro atoms. The van der Waals surface area contributed by atoms with Crippen molar-refractivity contribution in [1.82, 2.24) is 9.73 Å². The van der Waals surface area contributed by atoms with Gasteiger partial charge >= 0.3 is 0 Å². The van der Waals surface area contributed by atoms with E-state index in [9.17, 15) is 8.42 Å². The molecule has 11 heteroatoms. The number of halogens is 2. The number of benzene rings is 2. The Morgan fingerprint density at radius 1 is 1.24 bits per heavy atom. The van der Waals surface area contributed by atoms with E-state index in [0.29, 0.717) is 37.0 Å². The van der Waals surface area contributed by atoms with E-state index in [4.69, 9.17) is 28.6 Å². The third-order valence-corrected chi connectivity index (χ3v) is 7.21. The molecule has 1 aliphatic heterocycles. The molecule has 154 valence electrons. The molecule has 0 atom stereocenters. The fourth-order valence-corrected chi connectivity index (χ4v) is 4.74. The number of rotatable bonds is 5. The molecule has 2 N–H and O–H groups in total. The average Bonchev–Trinajstić information content (AvgIpc) is 2.71. The molecule has 0 bridgehead atoms. The Bertz CT molecular complexity index is 1030. The Labute approximate surface area is 188 Å². The zero-order valence-corrected chi connectivity index (χ0v) is 19.1. The molecule has 0 aromatic heterocycles. The molecule has 2 aromatic rings. The summed E-state index contributed by atoms with van der Waals surface area (Å²) in [5.74, 6) is 0. The van der Waals surface area contributed by atoms with E-state index in [2.05, 4.69) is 31.8 Å². The van der Waals surface area contributed by atoms with Gasteiger partial charge in [0.2, 0.25) is 10.0 Å². The van der Waals surface area contributed by atoms with E-state index in [1.807, 2.05) is 24.3 Å². The number of sulfonamides is 1. The molecule has 1 saturated heterocycles. The van der Waals surface area contributed by atoms with Gasteiger partial charge < -0.3 is 10.1 Å². The van der Waals surface area contributed by atoms with E-state index in [-0.39, 0.29) is 10.0 Å². The summed E-state index contributed by atoms with van der Waals surface area (Å²) in [5, 5.41) is 7.48. The Morgan fingerprint density at radius 2 is 1.97 bits per heavy atom. The molecule has 0 amide bonds. The Hall–Kier alpha value is -1.56. The minimum Gasteiger partial charge on any atom is -0.379 e. The van der Waals surface area contributed by atoms with Gasteiger partial charge in [-0.2, -0.15) is 9.41 Å². The van der Waals surface area contributed by atoms with E-state index < -0.39 is 10.0 Å². The molecular formula is C18H18BrClN4O3S2. The maximum Gasteiger partial charge on any atom is 0.243 e. The first-order valence-electron chi connectivity index (χ1n) is 8.60. The average molecular weight is 518 g/mol. The molecule has 2 aromatic carbocycles. The summed E-state index contributed by atoms with van der Waals surface area (Å²) < 4.78 is 33.2. The summed E-state index contributed by atoms with van der Waals surface area (Å²) in [7, 11) is -3.64. The van der Waals surface area contributed by atoms with Crippen LogP contribution < -0.4 is 10.7 Å². The number of ether oxygens (including phenoxy) is 1. The Morgan fingerprint density at radius 3 is 2.69 bits per heavy atom. The lowest BCUT2D eigenvalue weighted by Gasteiger charge is -2.26. The zero-order chi connectivity index (χ0) is 20.9. The molecule has 1 aliphatic rings. The second-order valence-electron chi connectivity index (χ2n) is 6.00. The van der Waals surface area contributed by atoms with Crippen molar-refractivity contribution in [2.24, 2.45) is 5.10 Å². The monoisotopic (exact) mass is 516 g/mol. The number of anilines is 1. The van der Waals surface area contributed by atoms with E-state index in [1.54, 1.807) is 6.21 Å². The third kappa shape index (κ3) is 5.74. The summed E-state index contributed by atoms with van der Waals surface area (Å²) in [5.41, 5.74) is 3.93. The molecule has 0 radical (unpaired) electrons. The van der Waals surface area contributed by atoms with Crippen LogP contribution in [0, 0.1) is 0 Å². The molecule has 1 heterocycles. The van der Waals surface area contributed by atoms with E-state index >= 15 is 0 Å². The summed E-state index contributed by atoms with van der Waals surface area (Å²) in [6.45, 7) is 1.39. The highest BCUT2D eigenvalue weighted by atomic mass is 79.9. The van der Waals surface area contributed by atoms with Gasteiger partial charge in [-0.15, -0.1) is 0 Å². The smallest absolute Gasteiger partial charge is 0.243 e. The van der Waals surface area contributed by atoms with Gasteiger partial charge in [0.25, 0.3) is 0 Å². The van der Waals surface area contributed by atoms with Crippen molar-refractivity contribution in [2.75, 3.05) is 31.6 Å². The van der Waals surface area contributed by atoms with Crippen LogP contribution in [0.1, 0.15) is 5.56 Å². The quantitative estimate of drug-likeness (QED) is 0.359. The fraction of sp³-hybridized carbons (Fsp3) is 0.222. The van der Waals surface area contributed by atoms with Crippen LogP contribution >= 0.6 is 39.7 Å². The Balaban J connectivity index is 1.70. The molecule has 29 heavy (non-hydrogen) atoms. The number of nitrogens with zero attached hydrogens (tertiary/aromatic N) is 2. The summed E-state index contributed by atoms with van der Waals surface area (Å²) >= 11 is 14.9. The van der Waals surface area contributed by atoms with Crippen LogP contribution in [0.3, 0.4) is 0 Å². The highest BCUT2D eigenvalue weighted by Gasteiger charge is 2.26. The van der Waals surface area contributed by atoms with Crippen LogP contribution in [0.4, 0.5) is 5.69 Å². The van der Waals surface area contributed by atoms with Crippen LogP contribution in [0.2, 0.25) is 5.02 Å². The van der Waals surface area contributed by atoms with Gasteiger partial charge in [0.05, 0.1) is 35.0 Å². The van der Waals surface area contributed by atoms with Crippen molar-refractivity contribution < 1.29 is 13.2 Å². The number of morpholine rings is 1. The molecule has 3 rings (SSSR count). The third-order valence-electron chi connectivity index (χ3n) is 4.07. The lowest BCUT2D eigenvalue weighted by atomic mass is 10.2. The van der Waals surface area contributed by atoms with Gasteiger partial charge in [0.1, 0.15) is 0 Å². The van der Waals surface area contributed by atoms with Gasteiger partial charge in [0.15, 0.2) is 5.11 Å². The Kier molecular flexibility index (Phi) is 7.60. The fourth-order valence-electron chi connectivity index (χ4n) is 2.59. The highest BCUT2D eigenvalue weighted by Crippen LogP contribution is 2.27. The first kappa shape index (κ1) is 22.1. The number of thiocarbonyl (C=S) groups is 1. The van der Waals surface area contributed by atoms with Crippen LogP contribution in [0.5, 0.6) is 0 Å². The lowest BCUT2D eigenvalue weighted by Crippen LogP contribution is -2.40. The molecule has 0 unspecified atom stereocenters. The number of hydrazone groups is 1. The zero-order valence-electron chi connectivity index (χ0n) is 15.1. The van der Waals surface area contributed by atoms with Gasteiger partial charge in [0, 0.05) is 23.1 Å². The van der Waals surface area contributed by atoms with Crippen molar-refractivity contribution in [3.8, 4) is 0 Å². The second kappa shape index (κ2) is 9.96. The predicted molar refractivity (Wildman–Crippen MR) is 122 cm³/mol. The van der Waals surface area contributed by atoms with Crippen LogP contribution in [0.15, 0.2) is 56.9 Å². The second-order valence-corrected chi connectivity index (χ2v) is 9.61. The highest BCUT2D eigenvalue weighted by molar-refractivity contribution is 9.10. The van der Waals surface area contributed by atoms with Gasteiger partial charge in [-0.1, -0.05) is 45.7 Å². The number of nitrogens with one attached hydrogen (secondary N) is 2. The predicted octanol–water partition coefficient (Wildman–Crippen LogP) is 3.44. The van der Waals surface area contributed by atoms with E-state index in [1.165, 1.54) is 22.5 Å². The minimum atomic E-state index is -3.64. The van der Waals surface area contributed by atoms with Crippen LogP contribution in [-0.2, 0) is 14.8 Å². The normalized spacial score (nSPS) is 15.4. The number of hydrogen-bond donors (Lipinski definition) is 2. The number of hydrogen-bond acceptors (Lipinski definition) is 5. The van der Waals surface area contributed by atoms with E-state index in [0.717, 1.165) is 10.0 Å². The van der Waals surface area contributed by atoms with Crippen LogP contribution in [0.25, 0.3) is 0 Å². The molecule has 7 nitrogen and oxygen atoms in total. The topological polar surface area (TPSA) is 83.0 Å².